The van der Waals surface area contributed by atoms with Crippen molar-refractivity contribution in [3.8, 4) is 17.2 Å². The van der Waals surface area contributed by atoms with Crippen molar-refractivity contribution in [2.24, 2.45) is 0 Å². The zero-order valence-corrected chi connectivity index (χ0v) is 17.1. The summed E-state index contributed by atoms with van der Waals surface area (Å²) in [5.74, 6) is 1.53. The highest BCUT2D eigenvalue weighted by atomic mass is 32.2. The Morgan fingerprint density at radius 2 is 1.67 bits per heavy atom. The molecule has 0 radical (unpaired) electrons. The van der Waals surface area contributed by atoms with E-state index in [4.69, 9.17) is 9.47 Å². The van der Waals surface area contributed by atoms with Gasteiger partial charge < -0.3 is 9.47 Å². The fourth-order valence-electron chi connectivity index (χ4n) is 3.02. The lowest BCUT2D eigenvalue weighted by Crippen LogP contribution is -2.23. The Morgan fingerprint density at radius 3 is 2.43 bits per heavy atom. The first-order valence-electron chi connectivity index (χ1n) is 9.34. The molecule has 0 saturated carbocycles. The van der Waals surface area contributed by atoms with Gasteiger partial charge in [-0.3, -0.25) is 9.36 Å². The van der Waals surface area contributed by atoms with Crippen molar-refractivity contribution in [3.63, 3.8) is 0 Å². The minimum absolute atomic E-state index is 0.180. The molecule has 1 heterocycles. The number of ether oxygens (including phenoxy) is 2. The molecule has 4 aromatic rings. The van der Waals surface area contributed by atoms with E-state index in [9.17, 15) is 9.18 Å². The lowest BCUT2D eigenvalue weighted by Gasteiger charge is -2.14. The maximum absolute atomic E-state index is 14.5. The SMILES string of the molecule is COc1ccc(OCCSc2nc3ccccc3c(=O)n2-c2ccccc2F)cc1. The van der Waals surface area contributed by atoms with Crippen LogP contribution in [-0.4, -0.2) is 29.0 Å². The summed E-state index contributed by atoms with van der Waals surface area (Å²) >= 11 is 1.34. The Morgan fingerprint density at radius 1 is 0.967 bits per heavy atom. The summed E-state index contributed by atoms with van der Waals surface area (Å²) in [5, 5.41) is 0.863. The fraction of sp³-hybridized carbons (Fsp3) is 0.130. The predicted molar refractivity (Wildman–Crippen MR) is 117 cm³/mol. The average Bonchev–Trinajstić information content (AvgIpc) is 2.78. The monoisotopic (exact) mass is 422 g/mol. The third kappa shape index (κ3) is 4.16. The van der Waals surface area contributed by atoms with Gasteiger partial charge in [0.2, 0.25) is 0 Å². The smallest absolute Gasteiger partial charge is 0.266 e. The van der Waals surface area contributed by atoms with Crippen molar-refractivity contribution in [1.82, 2.24) is 9.55 Å². The van der Waals surface area contributed by atoms with Gasteiger partial charge in [-0.15, -0.1) is 0 Å². The molecule has 4 rings (SSSR count). The van der Waals surface area contributed by atoms with E-state index in [1.807, 2.05) is 30.3 Å². The molecule has 0 atom stereocenters. The van der Waals surface area contributed by atoms with Crippen molar-refractivity contribution in [2.75, 3.05) is 19.5 Å². The molecule has 0 unspecified atom stereocenters. The molecule has 30 heavy (non-hydrogen) atoms. The van der Waals surface area contributed by atoms with E-state index < -0.39 is 5.82 Å². The van der Waals surface area contributed by atoms with Crippen molar-refractivity contribution in [1.29, 1.82) is 0 Å². The van der Waals surface area contributed by atoms with E-state index in [0.29, 0.717) is 28.4 Å². The summed E-state index contributed by atoms with van der Waals surface area (Å²) in [6, 6.07) is 20.6. The number of aromatic nitrogens is 2. The third-order valence-corrected chi connectivity index (χ3v) is 5.38. The van der Waals surface area contributed by atoms with Crippen LogP contribution in [0.1, 0.15) is 0 Å². The lowest BCUT2D eigenvalue weighted by molar-refractivity contribution is 0.342. The number of methoxy groups -OCH3 is 1. The van der Waals surface area contributed by atoms with Crippen LogP contribution in [0.25, 0.3) is 16.6 Å². The minimum atomic E-state index is -0.479. The first-order valence-corrected chi connectivity index (χ1v) is 10.3. The molecule has 0 amide bonds. The molecule has 0 aliphatic heterocycles. The highest BCUT2D eigenvalue weighted by Gasteiger charge is 2.15. The predicted octanol–water partition coefficient (Wildman–Crippen LogP) is 4.70. The quantitative estimate of drug-likeness (QED) is 0.245. The molecular weight excluding hydrogens is 403 g/mol. The number of halogens is 1. The molecule has 0 aliphatic rings. The van der Waals surface area contributed by atoms with Crippen LogP contribution in [0.2, 0.25) is 0 Å². The highest BCUT2D eigenvalue weighted by molar-refractivity contribution is 7.99. The number of para-hydroxylation sites is 2. The minimum Gasteiger partial charge on any atom is -0.497 e. The Balaban J connectivity index is 1.60. The van der Waals surface area contributed by atoms with Crippen LogP contribution in [0.3, 0.4) is 0 Å². The van der Waals surface area contributed by atoms with E-state index in [1.54, 1.807) is 43.5 Å². The van der Waals surface area contributed by atoms with Gasteiger partial charge in [0, 0.05) is 5.75 Å². The van der Waals surface area contributed by atoms with Crippen molar-refractivity contribution in [2.45, 2.75) is 5.16 Å². The molecule has 3 aromatic carbocycles. The molecule has 1 aromatic heterocycles. The van der Waals surface area contributed by atoms with Gasteiger partial charge in [0.1, 0.15) is 17.3 Å². The topological polar surface area (TPSA) is 53.4 Å². The normalized spacial score (nSPS) is 10.9. The van der Waals surface area contributed by atoms with Crippen molar-refractivity contribution < 1.29 is 13.9 Å². The van der Waals surface area contributed by atoms with Gasteiger partial charge in [-0.25, -0.2) is 9.37 Å². The summed E-state index contributed by atoms with van der Waals surface area (Å²) in [5.41, 5.74) is 0.456. The molecule has 5 nitrogen and oxygen atoms in total. The number of fused-ring (bicyclic) bond motifs is 1. The van der Waals surface area contributed by atoms with Gasteiger partial charge in [0.15, 0.2) is 5.16 Å². The van der Waals surface area contributed by atoms with E-state index in [-0.39, 0.29) is 11.2 Å². The van der Waals surface area contributed by atoms with Crippen molar-refractivity contribution >= 4 is 22.7 Å². The molecule has 0 aliphatic carbocycles. The van der Waals surface area contributed by atoms with Gasteiger partial charge in [0.25, 0.3) is 5.56 Å². The standard InChI is InChI=1S/C23H19FN2O3S/c1-28-16-10-12-17(13-11-16)29-14-15-30-23-25-20-8-4-2-6-18(20)22(27)26(23)21-9-5-3-7-19(21)24/h2-13H,14-15H2,1H3. The number of benzene rings is 3. The zero-order valence-electron chi connectivity index (χ0n) is 16.2. The van der Waals surface area contributed by atoms with Crippen LogP contribution in [0.15, 0.2) is 82.7 Å². The lowest BCUT2D eigenvalue weighted by atomic mass is 10.2. The molecule has 7 heteroatoms. The Labute approximate surface area is 177 Å². The summed E-state index contributed by atoms with van der Waals surface area (Å²) in [6.07, 6.45) is 0. The van der Waals surface area contributed by atoms with Gasteiger partial charge >= 0.3 is 0 Å². The fourth-order valence-corrected chi connectivity index (χ4v) is 3.84. The third-order valence-electron chi connectivity index (χ3n) is 4.48. The molecule has 0 N–H and O–H groups in total. The summed E-state index contributed by atoms with van der Waals surface area (Å²) < 4.78 is 26.7. The average molecular weight is 422 g/mol. The first kappa shape index (κ1) is 20.0. The van der Waals surface area contributed by atoms with E-state index in [0.717, 1.165) is 11.5 Å². The van der Waals surface area contributed by atoms with Crippen LogP contribution >= 0.6 is 11.8 Å². The van der Waals surface area contributed by atoms with E-state index in [1.165, 1.54) is 22.4 Å². The van der Waals surface area contributed by atoms with Crippen LogP contribution in [-0.2, 0) is 0 Å². The molecule has 0 bridgehead atoms. The maximum atomic E-state index is 14.5. The molecule has 0 fully saturated rings. The maximum Gasteiger partial charge on any atom is 0.266 e. The highest BCUT2D eigenvalue weighted by Crippen LogP contribution is 2.23. The van der Waals surface area contributed by atoms with Crippen LogP contribution in [0.4, 0.5) is 4.39 Å². The summed E-state index contributed by atoms with van der Waals surface area (Å²) in [6.45, 7) is 0.400. The largest absolute Gasteiger partial charge is 0.497 e. The zero-order chi connectivity index (χ0) is 20.9. The second kappa shape index (κ2) is 9.00. The second-order valence-electron chi connectivity index (χ2n) is 6.38. The Bertz CT molecular complexity index is 1230. The van der Waals surface area contributed by atoms with Crippen molar-refractivity contribution in [3.05, 3.63) is 89.0 Å². The molecule has 0 spiro atoms. The molecule has 152 valence electrons. The second-order valence-corrected chi connectivity index (χ2v) is 7.44. The van der Waals surface area contributed by atoms with Gasteiger partial charge in [-0.05, 0) is 48.5 Å². The number of rotatable bonds is 7. The summed E-state index contributed by atoms with van der Waals surface area (Å²) in [7, 11) is 1.61. The van der Waals surface area contributed by atoms with Gasteiger partial charge in [-0.1, -0.05) is 36.0 Å². The number of hydrogen-bond donors (Lipinski definition) is 0. The molecule has 0 saturated heterocycles. The van der Waals surface area contributed by atoms with Gasteiger partial charge in [0.05, 0.1) is 30.3 Å². The van der Waals surface area contributed by atoms with Crippen LogP contribution < -0.4 is 15.0 Å². The number of thioether (sulfide) groups is 1. The Hall–Kier alpha value is -3.32. The van der Waals surface area contributed by atoms with Crippen LogP contribution in [0.5, 0.6) is 11.5 Å². The van der Waals surface area contributed by atoms with E-state index >= 15 is 0 Å². The summed E-state index contributed by atoms with van der Waals surface area (Å²) in [4.78, 5) is 17.7. The molecular formula is C23H19FN2O3S. The van der Waals surface area contributed by atoms with Gasteiger partial charge in [-0.2, -0.15) is 0 Å². The number of hydrogen-bond acceptors (Lipinski definition) is 5. The Kier molecular flexibility index (Phi) is 5.99. The first-order chi connectivity index (χ1) is 14.7. The number of nitrogens with zero attached hydrogens (tertiary/aromatic N) is 2. The van der Waals surface area contributed by atoms with E-state index in [2.05, 4.69) is 4.98 Å². The van der Waals surface area contributed by atoms with Crippen LogP contribution in [0, 0.1) is 5.82 Å².